The standard InChI is InChI=1S/C18H22N2O4/c1-13-6-7-17(23-3)16(11-13)19-18(22)8-9-20(14(2)21)12-15-5-4-10-24-15/h4-7,10-11H,8-9,12H2,1-3H3,(H,19,22). The van der Waals surface area contributed by atoms with E-state index in [1.54, 1.807) is 30.4 Å². The predicted octanol–water partition coefficient (Wildman–Crippen LogP) is 2.97. The number of nitrogens with zero attached hydrogens (tertiary/aromatic N) is 1. The molecule has 2 amide bonds. The molecule has 1 aromatic carbocycles. The minimum atomic E-state index is -0.176. The Morgan fingerprint density at radius 3 is 2.71 bits per heavy atom. The lowest BCUT2D eigenvalue weighted by Crippen LogP contribution is -2.31. The summed E-state index contributed by atoms with van der Waals surface area (Å²) in [5.74, 6) is 1.01. The number of nitrogens with one attached hydrogen (secondary N) is 1. The third kappa shape index (κ3) is 4.87. The van der Waals surface area contributed by atoms with Crippen LogP contribution in [0.3, 0.4) is 0 Å². The van der Waals surface area contributed by atoms with Crippen LogP contribution in [-0.2, 0) is 16.1 Å². The molecule has 6 heteroatoms. The van der Waals surface area contributed by atoms with Crippen LogP contribution < -0.4 is 10.1 Å². The topological polar surface area (TPSA) is 71.8 Å². The van der Waals surface area contributed by atoms with E-state index in [0.717, 1.165) is 5.56 Å². The fourth-order valence-corrected chi connectivity index (χ4v) is 2.31. The quantitative estimate of drug-likeness (QED) is 0.847. The first-order valence-corrected chi connectivity index (χ1v) is 7.72. The van der Waals surface area contributed by atoms with Gasteiger partial charge in [-0.05, 0) is 36.8 Å². The number of ether oxygens (including phenoxy) is 1. The first kappa shape index (κ1) is 17.6. The molecule has 0 aliphatic rings. The van der Waals surface area contributed by atoms with E-state index in [-0.39, 0.29) is 18.2 Å². The number of hydrogen-bond donors (Lipinski definition) is 1. The van der Waals surface area contributed by atoms with E-state index in [4.69, 9.17) is 9.15 Å². The van der Waals surface area contributed by atoms with Gasteiger partial charge in [-0.25, -0.2) is 0 Å². The Bertz CT molecular complexity index is 695. The average Bonchev–Trinajstić information content (AvgIpc) is 3.04. The third-order valence-corrected chi connectivity index (χ3v) is 3.61. The van der Waals surface area contributed by atoms with E-state index in [1.807, 2.05) is 25.1 Å². The lowest BCUT2D eigenvalue weighted by atomic mass is 10.2. The molecule has 2 rings (SSSR count). The van der Waals surface area contributed by atoms with Gasteiger partial charge in [0.2, 0.25) is 11.8 Å². The Balaban J connectivity index is 1.94. The summed E-state index contributed by atoms with van der Waals surface area (Å²) in [5.41, 5.74) is 1.65. The van der Waals surface area contributed by atoms with E-state index in [9.17, 15) is 9.59 Å². The van der Waals surface area contributed by atoms with Crippen molar-refractivity contribution in [2.75, 3.05) is 19.0 Å². The highest BCUT2D eigenvalue weighted by atomic mass is 16.5. The molecule has 2 aromatic rings. The molecule has 6 nitrogen and oxygen atoms in total. The van der Waals surface area contributed by atoms with E-state index in [0.29, 0.717) is 30.3 Å². The first-order valence-electron chi connectivity index (χ1n) is 7.72. The fraction of sp³-hybridized carbons (Fsp3) is 0.333. The van der Waals surface area contributed by atoms with E-state index in [1.165, 1.54) is 6.92 Å². The Kier molecular flexibility index (Phi) is 6.01. The lowest BCUT2D eigenvalue weighted by molar-refractivity contribution is -0.130. The molecule has 1 heterocycles. The molecular formula is C18H22N2O4. The number of aryl methyl sites for hydroxylation is 1. The molecule has 0 bridgehead atoms. The Morgan fingerprint density at radius 2 is 2.08 bits per heavy atom. The smallest absolute Gasteiger partial charge is 0.226 e. The van der Waals surface area contributed by atoms with Crippen LogP contribution in [0.4, 0.5) is 5.69 Å². The number of furan rings is 1. The lowest BCUT2D eigenvalue weighted by Gasteiger charge is -2.19. The van der Waals surface area contributed by atoms with Gasteiger partial charge in [-0.15, -0.1) is 0 Å². The molecule has 0 aliphatic carbocycles. The maximum atomic E-state index is 12.2. The molecule has 0 saturated carbocycles. The third-order valence-electron chi connectivity index (χ3n) is 3.61. The highest BCUT2D eigenvalue weighted by Crippen LogP contribution is 2.25. The van der Waals surface area contributed by atoms with Crippen LogP contribution in [0.1, 0.15) is 24.7 Å². The number of carbonyl (C=O) groups excluding carboxylic acids is 2. The average molecular weight is 330 g/mol. The summed E-state index contributed by atoms with van der Waals surface area (Å²) >= 11 is 0. The Labute approximate surface area is 141 Å². The molecule has 0 radical (unpaired) electrons. The largest absolute Gasteiger partial charge is 0.495 e. The van der Waals surface area contributed by atoms with Crippen molar-refractivity contribution < 1.29 is 18.7 Å². The Hall–Kier alpha value is -2.76. The van der Waals surface area contributed by atoms with Gasteiger partial charge in [0, 0.05) is 19.9 Å². The number of benzene rings is 1. The molecular weight excluding hydrogens is 308 g/mol. The van der Waals surface area contributed by atoms with E-state index >= 15 is 0 Å². The molecule has 0 fully saturated rings. The van der Waals surface area contributed by atoms with Gasteiger partial charge in [-0.3, -0.25) is 9.59 Å². The minimum absolute atomic E-state index is 0.104. The molecule has 0 spiro atoms. The highest BCUT2D eigenvalue weighted by Gasteiger charge is 2.14. The number of amides is 2. The van der Waals surface area contributed by atoms with Gasteiger partial charge in [-0.1, -0.05) is 6.07 Å². The molecule has 0 atom stereocenters. The van der Waals surface area contributed by atoms with Crippen LogP contribution >= 0.6 is 0 Å². The van der Waals surface area contributed by atoms with Crippen molar-refractivity contribution in [1.82, 2.24) is 4.90 Å². The number of anilines is 1. The maximum Gasteiger partial charge on any atom is 0.226 e. The van der Waals surface area contributed by atoms with Gasteiger partial charge in [0.05, 0.1) is 25.6 Å². The van der Waals surface area contributed by atoms with Crippen LogP contribution in [0.15, 0.2) is 41.0 Å². The predicted molar refractivity (Wildman–Crippen MR) is 90.8 cm³/mol. The number of hydrogen-bond acceptors (Lipinski definition) is 4. The summed E-state index contributed by atoms with van der Waals surface area (Å²) in [6, 6.07) is 9.14. The number of carbonyl (C=O) groups is 2. The number of methoxy groups -OCH3 is 1. The fourth-order valence-electron chi connectivity index (χ4n) is 2.31. The Morgan fingerprint density at radius 1 is 1.29 bits per heavy atom. The van der Waals surface area contributed by atoms with Crippen LogP contribution in [0.5, 0.6) is 5.75 Å². The second-order valence-corrected chi connectivity index (χ2v) is 5.52. The SMILES string of the molecule is COc1ccc(C)cc1NC(=O)CCN(Cc1ccco1)C(C)=O. The molecule has 0 unspecified atom stereocenters. The van der Waals surface area contributed by atoms with Crippen LogP contribution in [0, 0.1) is 6.92 Å². The molecule has 24 heavy (non-hydrogen) atoms. The second kappa shape index (κ2) is 8.19. The van der Waals surface area contributed by atoms with Gasteiger partial charge < -0.3 is 19.4 Å². The van der Waals surface area contributed by atoms with Crippen molar-refractivity contribution in [3.8, 4) is 5.75 Å². The summed E-state index contributed by atoms with van der Waals surface area (Å²) in [5, 5.41) is 2.83. The second-order valence-electron chi connectivity index (χ2n) is 5.52. The van der Waals surface area contributed by atoms with Crippen LogP contribution in [-0.4, -0.2) is 30.4 Å². The van der Waals surface area contributed by atoms with Crippen LogP contribution in [0.2, 0.25) is 0 Å². The zero-order chi connectivity index (χ0) is 17.5. The highest BCUT2D eigenvalue weighted by molar-refractivity contribution is 5.92. The van der Waals surface area contributed by atoms with Crippen molar-refractivity contribution >= 4 is 17.5 Å². The van der Waals surface area contributed by atoms with Crippen molar-refractivity contribution in [2.24, 2.45) is 0 Å². The summed E-state index contributed by atoms with van der Waals surface area (Å²) in [7, 11) is 1.56. The molecule has 1 aromatic heterocycles. The zero-order valence-corrected chi connectivity index (χ0v) is 14.2. The van der Waals surface area contributed by atoms with Crippen LogP contribution in [0.25, 0.3) is 0 Å². The van der Waals surface area contributed by atoms with Gasteiger partial charge in [0.15, 0.2) is 0 Å². The molecule has 128 valence electrons. The zero-order valence-electron chi connectivity index (χ0n) is 14.2. The van der Waals surface area contributed by atoms with E-state index in [2.05, 4.69) is 5.32 Å². The number of rotatable bonds is 7. The molecule has 1 N–H and O–H groups in total. The summed E-state index contributed by atoms with van der Waals surface area (Å²) in [6.07, 6.45) is 1.75. The maximum absolute atomic E-state index is 12.2. The van der Waals surface area contributed by atoms with Crippen molar-refractivity contribution in [3.05, 3.63) is 47.9 Å². The van der Waals surface area contributed by atoms with Gasteiger partial charge in [0.25, 0.3) is 0 Å². The van der Waals surface area contributed by atoms with Crippen molar-refractivity contribution in [3.63, 3.8) is 0 Å². The molecule has 0 aliphatic heterocycles. The van der Waals surface area contributed by atoms with Gasteiger partial charge >= 0.3 is 0 Å². The monoisotopic (exact) mass is 330 g/mol. The van der Waals surface area contributed by atoms with Gasteiger partial charge in [0.1, 0.15) is 11.5 Å². The first-order chi connectivity index (χ1) is 11.5. The summed E-state index contributed by atoms with van der Waals surface area (Å²) in [6.45, 7) is 4.08. The van der Waals surface area contributed by atoms with Gasteiger partial charge in [-0.2, -0.15) is 0 Å². The normalized spacial score (nSPS) is 10.3. The summed E-state index contributed by atoms with van der Waals surface area (Å²) < 4.78 is 10.5. The molecule has 0 saturated heterocycles. The van der Waals surface area contributed by atoms with Crippen molar-refractivity contribution in [1.29, 1.82) is 0 Å². The minimum Gasteiger partial charge on any atom is -0.495 e. The van der Waals surface area contributed by atoms with Crippen molar-refractivity contribution in [2.45, 2.75) is 26.8 Å². The van der Waals surface area contributed by atoms with E-state index < -0.39 is 0 Å². The summed E-state index contributed by atoms with van der Waals surface area (Å²) in [4.78, 5) is 25.5.